The van der Waals surface area contributed by atoms with Crippen molar-refractivity contribution in [1.82, 2.24) is 9.78 Å². The molecule has 0 saturated heterocycles. The number of anilines is 1. The summed E-state index contributed by atoms with van der Waals surface area (Å²) in [6, 6.07) is 8.17. The molecule has 1 aromatic heterocycles. The number of aromatic nitrogens is 2. The standard InChI is InChI=1S/C16H23N3O2/c1-5-21-11-14-9-13(6-7-15(14)20-4)10-17-16-8-12(2)19(3)18-16/h6-9H,5,10-11H2,1-4H3,(H,17,18). The fourth-order valence-electron chi connectivity index (χ4n) is 2.11. The van der Waals surface area contributed by atoms with Crippen LogP contribution in [0.4, 0.5) is 5.82 Å². The molecule has 0 spiro atoms. The van der Waals surface area contributed by atoms with E-state index in [4.69, 9.17) is 9.47 Å². The van der Waals surface area contributed by atoms with Crippen LogP contribution in [0.3, 0.4) is 0 Å². The molecule has 5 nitrogen and oxygen atoms in total. The molecule has 2 rings (SSSR count). The smallest absolute Gasteiger partial charge is 0.148 e. The van der Waals surface area contributed by atoms with Crippen molar-refractivity contribution >= 4 is 5.82 Å². The predicted octanol–water partition coefficient (Wildman–Crippen LogP) is 2.89. The first-order valence-electron chi connectivity index (χ1n) is 7.12. The molecular weight excluding hydrogens is 266 g/mol. The van der Waals surface area contributed by atoms with E-state index in [1.54, 1.807) is 7.11 Å². The highest BCUT2D eigenvalue weighted by atomic mass is 16.5. The molecule has 0 amide bonds. The van der Waals surface area contributed by atoms with Crippen LogP contribution >= 0.6 is 0 Å². The van der Waals surface area contributed by atoms with Gasteiger partial charge in [0, 0.05) is 37.5 Å². The molecule has 0 aliphatic carbocycles. The molecule has 0 unspecified atom stereocenters. The first-order chi connectivity index (χ1) is 10.1. The highest BCUT2D eigenvalue weighted by Gasteiger charge is 2.06. The van der Waals surface area contributed by atoms with Crippen molar-refractivity contribution in [3.63, 3.8) is 0 Å². The lowest BCUT2D eigenvalue weighted by Crippen LogP contribution is -2.03. The Hall–Kier alpha value is -2.01. The summed E-state index contributed by atoms with van der Waals surface area (Å²) in [5.41, 5.74) is 3.37. The summed E-state index contributed by atoms with van der Waals surface area (Å²) in [7, 11) is 3.62. The molecule has 1 aromatic carbocycles. The van der Waals surface area contributed by atoms with Crippen LogP contribution in [0, 0.1) is 6.92 Å². The van der Waals surface area contributed by atoms with Gasteiger partial charge in [0.25, 0.3) is 0 Å². The van der Waals surface area contributed by atoms with Gasteiger partial charge in [-0.2, -0.15) is 5.10 Å². The third-order valence-electron chi connectivity index (χ3n) is 3.39. The zero-order chi connectivity index (χ0) is 15.2. The summed E-state index contributed by atoms with van der Waals surface area (Å²) in [5, 5.41) is 7.72. The van der Waals surface area contributed by atoms with Gasteiger partial charge in [0.05, 0.1) is 13.7 Å². The molecule has 0 radical (unpaired) electrons. The molecule has 5 heteroatoms. The zero-order valence-electron chi connectivity index (χ0n) is 13.1. The minimum absolute atomic E-state index is 0.566. The van der Waals surface area contributed by atoms with Crippen LogP contribution in [0.2, 0.25) is 0 Å². The summed E-state index contributed by atoms with van der Waals surface area (Å²) in [5.74, 6) is 1.75. The van der Waals surface area contributed by atoms with Gasteiger partial charge in [-0.3, -0.25) is 4.68 Å². The normalized spacial score (nSPS) is 10.7. The Morgan fingerprint density at radius 2 is 2.10 bits per heavy atom. The maximum Gasteiger partial charge on any atom is 0.148 e. The van der Waals surface area contributed by atoms with Crippen molar-refractivity contribution in [1.29, 1.82) is 0 Å². The minimum Gasteiger partial charge on any atom is -0.496 e. The molecule has 0 fully saturated rings. The number of hydrogen-bond donors (Lipinski definition) is 1. The lowest BCUT2D eigenvalue weighted by atomic mass is 10.1. The molecule has 114 valence electrons. The van der Waals surface area contributed by atoms with Crippen LogP contribution in [-0.2, 0) is 24.9 Å². The zero-order valence-corrected chi connectivity index (χ0v) is 13.1. The topological polar surface area (TPSA) is 48.3 Å². The van der Waals surface area contributed by atoms with E-state index in [0.717, 1.165) is 29.4 Å². The van der Waals surface area contributed by atoms with Gasteiger partial charge in [0.2, 0.25) is 0 Å². The largest absolute Gasteiger partial charge is 0.496 e. The summed E-state index contributed by atoms with van der Waals surface area (Å²) >= 11 is 0. The second kappa shape index (κ2) is 7.13. The molecule has 0 atom stereocenters. The molecule has 1 heterocycles. The van der Waals surface area contributed by atoms with Gasteiger partial charge in [-0.1, -0.05) is 6.07 Å². The van der Waals surface area contributed by atoms with Gasteiger partial charge in [0.1, 0.15) is 11.6 Å². The lowest BCUT2D eigenvalue weighted by molar-refractivity contribution is 0.132. The predicted molar refractivity (Wildman–Crippen MR) is 83.6 cm³/mol. The monoisotopic (exact) mass is 289 g/mol. The molecule has 2 aromatic rings. The molecule has 0 saturated carbocycles. The van der Waals surface area contributed by atoms with Crippen molar-refractivity contribution in [2.45, 2.75) is 27.0 Å². The average molecular weight is 289 g/mol. The third-order valence-corrected chi connectivity index (χ3v) is 3.39. The summed E-state index contributed by atoms with van der Waals surface area (Å²) < 4.78 is 12.7. The fourth-order valence-corrected chi connectivity index (χ4v) is 2.11. The molecule has 21 heavy (non-hydrogen) atoms. The number of hydrogen-bond acceptors (Lipinski definition) is 4. The van der Waals surface area contributed by atoms with E-state index in [1.807, 2.05) is 37.7 Å². The number of nitrogens with zero attached hydrogens (tertiary/aromatic N) is 2. The molecule has 0 bridgehead atoms. The van der Waals surface area contributed by atoms with Gasteiger partial charge in [-0.05, 0) is 31.5 Å². The number of benzene rings is 1. The van der Waals surface area contributed by atoms with Crippen LogP contribution < -0.4 is 10.1 Å². The van der Waals surface area contributed by atoms with E-state index >= 15 is 0 Å². The SMILES string of the molecule is CCOCc1cc(CNc2cc(C)n(C)n2)ccc1OC. The number of nitrogens with one attached hydrogen (secondary N) is 1. The summed E-state index contributed by atoms with van der Waals surface area (Å²) in [6.07, 6.45) is 0. The van der Waals surface area contributed by atoms with E-state index in [0.29, 0.717) is 13.2 Å². The number of aryl methyl sites for hydroxylation is 2. The van der Waals surface area contributed by atoms with Gasteiger partial charge < -0.3 is 14.8 Å². The number of methoxy groups -OCH3 is 1. The van der Waals surface area contributed by atoms with Crippen molar-refractivity contribution in [2.24, 2.45) is 7.05 Å². The second-order valence-corrected chi connectivity index (χ2v) is 4.93. The first-order valence-corrected chi connectivity index (χ1v) is 7.12. The number of ether oxygens (including phenoxy) is 2. The van der Waals surface area contributed by atoms with E-state index in [9.17, 15) is 0 Å². The van der Waals surface area contributed by atoms with Crippen molar-refractivity contribution in [3.05, 3.63) is 41.1 Å². The third kappa shape index (κ3) is 3.98. The Kier molecular flexibility index (Phi) is 5.22. The van der Waals surface area contributed by atoms with Crippen molar-refractivity contribution in [3.8, 4) is 5.75 Å². The van der Waals surface area contributed by atoms with Crippen LogP contribution in [0.15, 0.2) is 24.3 Å². The fraction of sp³-hybridized carbons (Fsp3) is 0.438. The van der Waals surface area contributed by atoms with E-state index < -0.39 is 0 Å². The Balaban J connectivity index is 2.05. The highest BCUT2D eigenvalue weighted by Crippen LogP contribution is 2.21. The van der Waals surface area contributed by atoms with Crippen LogP contribution in [0.1, 0.15) is 23.7 Å². The Morgan fingerprint density at radius 1 is 1.29 bits per heavy atom. The van der Waals surface area contributed by atoms with Gasteiger partial charge >= 0.3 is 0 Å². The molecule has 0 aliphatic heterocycles. The lowest BCUT2D eigenvalue weighted by Gasteiger charge is -2.11. The van der Waals surface area contributed by atoms with E-state index in [2.05, 4.69) is 22.5 Å². The summed E-state index contributed by atoms with van der Waals surface area (Å²) in [6.45, 7) is 6.00. The molecular formula is C16H23N3O2. The van der Waals surface area contributed by atoms with Crippen LogP contribution in [0.5, 0.6) is 5.75 Å². The number of rotatable bonds is 7. The maximum absolute atomic E-state index is 5.48. The highest BCUT2D eigenvalue weighted by molar-refractivity contribution is 5.40. The van der Waals surface area contributed by atoms with Gasteiger partial charge in [-0.25, -0.2) is 0 Å². The molecule has 1 N–H and O–H groups in total. The minimum atomic E-state index is 0.566. The Morgan fingerprint density at radius 3 is 2.71 bits per heavy atom. The average Bonchev–Trinajstić information content (AvgIpc) is 2.81. The Labute approximate surface area is 125 Å². The van der Waals surface area contributed by atoms with E-state index in [1.165, 1.54) is 5.56 Å². The van der Waals surface area contributed by atoms with Crippen molar-refractivity contribution in [2.75, 3.05) is 19.0 Å². The van der Waals surface area contributed by atoms with Crippen LogP contribution in [-0.4, -0.2) is 23.5 Å². The van der Waals surface area contributed by atoms with E-state index in [-0.39, 0.29) is 0 Å². The Bertz CT molecular complexity index is 574. The summed E-state index contributed by atoms with van der Waals surface area (Å²) in [4.78, 5) is 0. The van der Waals surface area contributed by atoms with Gasteiger partial charge in [-0.15, -0.1) is 0 Å². The first kappa shape index (κ1) is 15.4. The second-order valence-electron chi connectivity index (χ2n) is 4.93. The molecule has 0 aliphatic rings. The maximum atomic E-state index is 5.48. The van der Waals surface area contributed by atoms with Crippen LogP contribution in [0.25, 0.3) is 0 Å². The quantitative estimate of drug-likeness (QED) is 0.851. The van der Waals surface area contributed by atoms with Gasteiger partial charge in [0.15, 0.2) is 0 Å². The van der Waals surface area contributed by atoms with Crippen molar-refractivity contribution < 1.29 is 9.47 Å².